The lowest BCUT2D eigenvalue weighted by molar-refractivity contribution is -0.151. The summed E-state index contributed by atoms with van der Waals surface area (Å²) in [5.41, 5.74) is 0.412. The van der Waals surface area contributed by atoms with Gasteiger partial charge in [-0.05, 0) is 5.56 Å². The minimum atomic E-state index is -0.657. The molecular formula is C17H17NO4. The molecule has 5 heteroatoms. The zero-order valence-electron chi connectivity index (χ0n) is 12.3. The molecule has 2 fully saturated rings. The molecule has 3 aliphatic rings. The number of rotatable bonds is 3. The van der Waals surface area contributed by atoms with Crippen molar-refractivity contribution < 1.29 is 19.1 Å². The highest BCUT2D eigenvalue weighted by Gasteiger charge is 2.67. The number of carbonyl (C=O) groups excluding carboxylic acids is 2. The van der Waals surface area contributed by atoms with Crippen LogP contribution < -0.4 is 0 Å². The molecule has 0 N–H and O–H groups in total. The molecule has 114 valence electrons. The Morgan fingerprint density at radius 3 is 2.91 bits per heavy atom. The first-order valence-corrected chi connectivity index (χ1v) is 7.42. The molecule has 1 unspecified atom stereocenters. The van der Waals surface area contributed by atoms with E-state index in [-0.39, 0.29) is 18.0 Å². The van der Waals surface area contributed by atoms with Gasteiger partial charge in [0.15, 0.2) is 0 Å². The number of methoxy groups -OCH3 is 1. The molecule has 1 spiro atoms. The molecule has 2 bridgehead atoms. The first-order valence-electron chi connectivity index (χ1n) is 7.42. The van der Waals surface area contributed by atoms with E-state index < -0.39 is 17.4 Å². The molecule has 4 atom stereocenters. The lowest BCUT2D eigenvalue weighted by Crippen LogP contribution is -2.39. The van der Waals surface area contributed by atoms with Gasteiger partial charge in [-0.2, -0.15) is 0 Å². The summed E-state index contributed by atoms with van der Waals surface area (Å²) in [5, 5.41) is 0. The first kappa shape index (κ1) is 13.5. The topological polar surface area (TPSA) is 55.8 Å². The number of amides is 1. The number of likely N-dealkylation sites (tertiary alicyclic amines) is 1. The second-order valence-electron chi connectivity index (χ2n) is 6.10. The van der Waals surface area contributed by atoms with Crippen LogP contribution in [0.2, 0.25) is 0 Å². The fraction of sp³-hybridized carbons (Fsp3) is 0.412. The van der Waals surface area contributed by atoms with Crippen LogP contribution in [0.25, 0.3) is 0 Å². The van der Waals surface area contributed by atoms with E-state index in [2.05, 4.69) is 0 Å². The van der Waals surface area contributed by atoms with Crippen LogP contribution in [0.15, 0.2) is 42.5 Å². The lowest BCUT2D eigenvalue weighted by Gasteiger charge is -2.22. The van der Waals surface area contributed by atoms with Crippen LogP contribution in [-0.4, -0.2) is 42.1 Å². The quantitative estimate of drug-likeness (QED) is 0.620. The summed E-state index contributed by atoms with van der Waals surface area (Å²) in [5.74, 6) is -1.37. The van der Waals surface area contributed by atoms with E-state index in [1.807, 2.05) is 42.5 Å². The molecule has 1 aromatic carbocycles. The van der Waals surface area contributed by atoms with Gasteiger partial charge >= 0.3 is 5.97 Å². The Kier molecular flexibility index (Phi) is 2.87. The summed E-state index contributed by atoms with van der Waals surface area (Å²) in [6, 6.07) is 9.84. The van der Waals surface area contributed by atoms with Gasteiger partial charge in [-0.1, -0.05) is 42.5 Å². The smallest absolute Gasteiger partial charge is 0.312 e. The van der Waals surface area contributed by atoms with Crippen LogP contribution in [0.1, 0.15) is 5.56 Å². The number of carbonyl (C=O) groups is 2. The molecule has 1 aromatic rings. The largest absolute Gasteiger partial charge is 0.469 e. The first-order chi connectivity index (χ1) is 10.6. The minimum Gasteiger partial charge on any atom is -0.469 e. The van der Waals surface area contributed by atoms with Gasteiger partial charge in [0.05, 0.1) is 25.7 Å². The van der Waals surface area contributed by atoms with Crippen molar-refractivity contribution in [2.75, 3.05) is 13.7 Å². The summed E-state index contributed by atoms with van der Waals surface area (Å²) in [7, 11) is 1.35. The highest BCUT2D eigenvalue weighted by atomic mass is 16.5. The van der Waals surface area contributed by atoms with Crippen LogP contribution >= 0.6 is 0 Å². The second kappa shape index (κ2) is 4.68. The van der Waals surface area contributed by atoms with Crippen LogP contribution in [0, 0.1) is 11.8 Å². The average molecular weight is 299 g/mol. The Bertz CT molecular complexity index is 656. The molecule has 3 aliphatic heterocycles. The summed E-state index contributed by atoms with van der Waals surface area (Å²) < 4.78 is 10.9. The van der Waals surface area contributed by atoms with Crippen molar-refractivity contribution >= 4 is 11.9 Å². The van der Waals surface area contributed by atoms with Crippen molar-refractivity contribution in [3.63, 3.8) is 0 Å². The Balaban J connectivity index is 1.62. The normalized spacial score (nSPS) is 35.0. The van der Waals surface area contributed by atoms with Crippen molar-refractivity contribution in [1.82, 2.24) is 4.90 Å². The number of nitrogens with zero attached hydrogens (tertiary/aromatic N) is 1. The third kappa shape index (κ3) is 1.75. The van der Waals surface area contributed by atoms with Gasteiger partial charge in [0.25, 0.3) is 0 Å². The highest BCUT2D eigenvalue weighted by molar-refractivity contribution is 5.91. The van der Waals surface area contributed by atoms with Crippen LogP contribution in [0.3, 0.4) is 0 Å². The average Bonchev–Trinajstić information content (AvgIpc) is 3.16. The number of benzene rings is 1. The molecule has 4 rings (SSSR count). The van der Waals surface area contributed by atoms with E-state index >= 15 is 0 Å². The standard InChI is InChI=1S/C17H17NO4/c1-21-16(20)13-12-7-8-17(22-12)10-18(15(19)14(13)17)9-11-5-3-2-4-6-11/h2-8,12-14H,9-10H2,1H3/t12-,13?,14+,17-/m1/s1. The molecule has 0 aliphatic carbocycles. The van der Waals surface area contributed by atoms with E-state index in [0.29, 0.717) is 13.1 Å². The van der Waals surface area contributed by atoms with Gasteiger partial charge in [-0.15, -0.1) is 0 Å². The Morgan fingerprint density at radius 2 is 2.18 bits per heavy atom. The summed E-state index contributed by atoms with van der Waals surface area (Å²) in [6.07, 6.45) is 3.50. The van der Waals surface area contributed by atoms with Crippen molar-refractivity contribution in [2.45, 2.75) is 18.2 Å². The van der Waals surface area contributed by atoms with Crippen molar-refractivity contribution in [2.24, 2.45) is 11.8 Å². The highest BCUT2D eigenvalue weighted by Crippen LogP contribution is 2.52. The fourth-order valence-electron chi connectivity index (χ4n) is 3.92. The van der Waals surface area contributed by atoms with Gasteiger partial charge in [0, 0.05) is 6.54 Å². The van der Waals surface area contributed by atoms with Gasteiger partial charge in [0.2, 0.25) is 5.91 Å². The lowest BCUT2D eigenvalue weighted by atomic mass is 9.77. The van der Waals surface area contributed by atoms with Gasteiger partial charge in [0.1, 0.15) is 11.5 Å². The Hall–Kier alpha value is -2.14. The molecule has 2 saturated heterocycles. The molecular weight excluding hydrogens is 282 g/mol. The zero-order valence-corrected chi connectivity index (χ0v) is 12.3. The van der Waals surface area contributed by atoms with Crippen LogP contribution in [0.4, 0.5) is 0 Å². The molecule has 1 amide bonds. The van der Waals surface area contributed by atoms with Crippen molar-refractivity contribution in [3.8, 4) is 0 Å². The molecule has 3 heterocycles. The van der Waals surface area contributed by atoms with Crippen molar-refractivity contribution in [1.29, 1.82) is 0 Å². The molecule has 0 aromatic heterocycles. The van der Waals surface area contributed by atoms with E-state index in [1.54, 1.807) is 4.90 Å². The SMILES string of the molecule is COC(=O)C1[C@H]2C(=O)N(Cc3ccccc3)C[C@]23C=C[C@H]1O3. The number of hydrogen-bond donors (Lipinski definition) is 0. The molecule has 0 radical (unpaired) electrons. The summed E-state index contributed by atoms with van der Waals surface area (Å²) >= 11 is 0. The van der Waals surface area contributed by atoms with E-state index in [1.165, 1.54) is 7.11 Å². The maximum Gasteiger partial charge on any atom is 0.312 e. The van der Waals surface area contributed by atoms with Crippen molar-refractivity contribution in [3.05, 3.63) is 48.0 Å². The van der Waals surface area contributed by atoms with E-state index in [9.17, 15) is 9.59 Å². The van der Waals surface area contributed by atoms with E-state index in [4.69, 9.17) is 9.47 Å². The minimum absolute atomic E-state index is 0.0221. The predicted octanol–water partition coefficient (Wildman–Crippen LogP) is 1.14. The fourth-order valence-corrected chi connectivity index (χ4v) is 3.92. The molecule has 0 saturated carbocycles. The number of fused-ring (bicyclic) bond motifs is 1. The molecule has 22 heavy (non-hydrogen) atoms. The zero-order chi connectivity index (χ0) is 15.3. The van der Waals surface area contributed by atoms with Gasteiger partial charge in [-0.25, -0.2) is 0 Å². The third-order valence-corrected chi connectivity index (χ3v) is 4.87. The van der Waals surface area contributed by atoms with Gasteiger partial charge in [-0.3, -0.25) is 9.59 Å². The third-order valence-electron chi connectivity index (χ3n) is 4.87. The summed E-state index contributed by atoms with van der Waals surface area (Å²) in [4.78, 5) is 26.6. The Labute approximate surface area is 128 Å². The van der Waals surface area contributed by atoms with Crippen LogP contribution in [-0.2, 0) is 25.6 Å². The number of hydrogen-bond acceptors (Lipinski definition) is 4. The van der Waals surface area contributed by atoms with E-state index in [0.717, 1.165) is 5.56 Å². The number of esters is 1. The monoisotopic (exact) mass is 299 g/mol. The Morgan fingerprint density at radius 1 is 1.41 bits per heavy atom. The second-order valence-corrected chi connectivity index (χ2v) is 6.10. The van der Waals surface area contributed by atoms with Gasteiger partial charge < -0.3 is 14.4 Å². The summed E-state index contributed by atoms with van der Waals surface area (Å²) in [6.45, 7) is 1.03. The maximum atomic E-state index is 12.8. The predicted molar refractivity (Wildman–Crippen MR) is 77.6 cm³/mol. The molecule has 5 nitrogen and oxygen atoms in total. The maximum absolute atomic E-state index is 12.8. The van der Waals surface area contributed by atoms with Crippen LogP contribution in [0.5, 0.6) is 0 Å². The number of ether oxygens (including phenoxy) is 2.